The minimum atomic E-state index is -2.31. The summed E-state index contributed by atoms with van der Waals surface area (Å²) >= 11 is 0. The third-order valence-corrected chi connectivity index (χ3v) is 11.2. The minimum absolute atomic E-state index is 0.237. The van der Waals surface area contributed by atoms with Gasteiger partial charge in [-0.1, -0.05) is 67.7 Å². The predicted octanol–water partition coefficient (Wildman–Crippen LogP) is 6.12. The van der Waals surface area contributed by atoms with E-state index in [4.69, 9.17) is 0 Å². The number of aryl methyl sites for hydroxylation is 2. The molecule has 36 heavy (non-hydrogen) atoms. The van der Waals surface area contributed by atoms with Gasteiger partial charge in [0.1, 0.15) is 20.9 Å². The van der Waals surface area contributed by atoms with Crippen LogP contribution in [0.3, 0.4) is 0 Å². The van der Waals surface area contributed by atoms with E-state index in [0.29, 0.717) is 5.56 Å². The fourth-order valence-electron chi connectivity index (χ4n) is 6.04. The molecule has 0 aliphatic carbocycles. The Morgan fingerprint density at radius 1 is 0.806 bits per heavy atom. The lowest BCUT2D eigenvalue weighted by Crippen LogP contribution is -2.52. The molecule has 174 valence electrons. The van der Waals surface area contributed by atoms with Crippen LogP contribution >= 0.6 is 0 Å². The van der Waals surface area contributed by atoms with Crippen LogP contribution in [0.25, 0.3) is 44.3 Å². The second-order valence-electron chi connectivity index (χ2n) is 10.2. The summed E-state index contributed by atoms with van der Waals surface area (Å²) in [5, 5.41) is 15.1. The molecule has 0 bridgehead atoms. The third kappa shape index (κ3) is 3.17. The van der Waals surface area contributed by atoms with Gasteiger partial charge in [-0.3, -0.25) is 0 Å². The molecule has 1 aromatic heterocycles. The molecule has 0 fully saturated rings. The molecule has 0 saturated carbocycles. The zero-order valence-electron chi connectivity index (χ0n) is 20.9. The van der Waals surface area contributed by atoms with Crippen LogP contribution in [-0.4, -0.2) is 8.07 Å². The maximum atomic E-state index is 14.4. The first-order chi connectivity index (χ1) is 17.3. The number of aromatic nitrogens is 1. The third-order valence-electron chi connectivity index (χ3n) is 7.69. The van der Waals surface area contributed by atoms with Crippen molar-refractivity contribution in [3.63, 3.8) is 0 Å². The van der Waals surface area contributed by atoms with Crippen molar-refractivity contribution in [2.24, 2.45) is 7.05 Å². The molecule has 0 atom stereocenters. The molecular weight excluding hydrogens is 459 g/mol. The number of halogens is 1. The van der Waals surface area contributed by atoms with Crippen LogP contribution < -0.4 is 14.9 Å². The van der Waals surface area contributed by atoms with E-state index in [9.17, 15) is 9.65 Å². The molecule has 1 aliphatic heterocycles. The summed E-state index contributed by atoms with van der Waals surface area (Å²) in [6.07, 6.45) is 1.79. The first-order valence-electron chi connectivity index (χ1n) is 12.2. The number of hydrogen-bond acceptors (Lipinski definition) is 1. The van der Waals surface area contributed by atoms with E-state index in [1.54, 1.807) is 12.3 Å². The molecule has 0 radical (unpaired) electrons. The highest BCUT2D eigenvalue weighted by Gasteiger charge is 2.43. The maximum absolute atomic E-state index is 14.4. The van der Waals surface area contributed by atoms with Crippen molar-refractivity contribution >= 4 is 29.2 Å². The lowest BCUT2D eigenvalue weighted by Gasteiger charge is -2.25. The topological polar surface area (TPSA) is 27.7 Å². The molecule has 4 heteroatoms. The summed E-state index contributed by atoms with van der Waals surface area (Å²) in [4.78, 5) is 0. The molecule has 1 aliphatic rings. The van der Waals surface area contributed by atoms with Gasteiger partial charge in [-0.2, -0.15) is 5.26 Å². The Kier molecular flexibility index (Phi) is 4.96. The van der Waals surface area contributed by atoms with Gasteiger partial charge in [0.15, 0.2) is 6.20 Å². The van der Waals surface area contributed by atoms with Crippen molar-refractivity contribution in [3.05, 3.63) is 102 Å². The molecule has 2 heterocycles. The Labute approximate surface area is 211 Å². The van der Waals surface area contributed by atoms with Gasteiger partial charge < -0.3 is 0 Å². The minimum Gasteiger partial charge on any atom is -0.207 e. The van der Waals surface area contributed by atoms with Crippen molar-refractivity contribution in [1.82, 2.24) is 0 Å². The Hall–Kier alpha value is -4.07. The van der Waals surface area contributed by atoms with Gasteiger partial charge in [0.25, 0.3) is 0 Å². The van der Waals surface area contributed by atoms with Crippen molar-refractivity contribution in [1.29, 1.82) is 5.26 Å². The molecule has 6 rings (SSSR count). The monoisotopic (exact) mass is 485 g/mol. The second-order valence-corrected chi connectivity index (χ2v) is 14.5. The number of hydrogen-bond donors (Lipinski definition) is 0. The Morgan fingerprint density at radius 3 is 2.25 bits per heavy atom. The summed E-state index contributed by atoms with van der Waals surface area (Å²) in [6.45, 7) is 6.84. The van der Waals surface area contributed by atoms with Crippen LogP contribution in [0.15, 0.2) is 85.1 Å². The van der Waals surface area contributed by atoms with Gasteiger partial charge in [-0.25, -0.2) is 8.96 Å². The summed E-state index contributed by atoms with van der Waals surface area (Å²) in [6, 6.07) is 28.9. The fourth-order valence-corrected chi connectivity index (χ4v) is 9.93. The lowest BCUT2D eigenvalue weighted by atomic mass is 9.92. The maximum Gasteiger partial charge on any atom is 0.215 e. The smallest absolute Gasteiger partial charge is 0.207 e. The first kappa shape index (κ1) is 22.4. The van der Waals surface area contributed by atoms with Gasteiger partial charge in [0.2, 0.25) is 5.69 Å². The lowest BCUT2D eigenvalue weighted by molar-refractivity contribution is -0.660. The van der Waals surface area contributed by atoms with Crippen LogP contribution in [0.4, 0.5) is 4.39 Å². The highest BCUT2D eigenvalue weighted by molar-refractivity contribution is 7.05. The number of rotatable bonds is 2. The molecule has 4 aromatic carbocycles. The molecule has 0 spiro atoms. The molecule has 0 saturated heterocycles. The molecular formula is C32H26FN2Si+. The summed E-state index contributed by atoms with van der Waals surface area (Å²) in [5.74, 6) is -0.237. The van der Waals surface area contributed by atoms with Crippen molar-refractivity contribution in [3.8, 4) is 39.6 Å². The Bertz CT molecular complexity index is 1760. The Morgan fingerprint density at radius 2 is 1.50 bits per heavy atom. The number of benzene rings is 4. The van der Waals surface area contributed by atoms with E-state index in [1.165, 1.54) is 33.0 Å². The SMILES string of the molecule is Cc1ccc2c(c1-c1cc(F)cc[n+]1C)[Si](C)(C)c1c-2ccc(C#N)c1-c1ccc2ccccc2c1. The predicted molar refractivity (Wildman–Crippen MR) is 148 cm³/mol. The van der Waals surface area contributed by atoms with Crippen molar-refractivity contribution in [2.45, 2.75) is 20.0 Å². The standard InChI is InChI=1S/C32H26FN2Si/c1-20-9-13-26-27-14-12-24(19-34)30(23-11-10-21-7-5-6-8-22(21)17-23)32(27)36(3,4)31(26)29(20)28-18-25(33)15-16-35(28)2/h5-18H,1-4H3/q+1. The summed E-state index contributed by atoms with van der Waals surface area (Å²) in [5.41, 5.74) is 8.35. The van der Waals surface area contributed by atoms with Crippen LogP contribution in [0.2, 0.25) is 13.1 Å². The van der Waals surface area contributed by atoms with Crippen LogP contribution in [0.1, 0.15) is 11.1 Å². The molecule has 5 aromatic rings. The van der Waals surface area contributed by atoms with Gasteiger partial charge in [0, 0.05) is 17.7 Å². The number of fused-ring (bicyclic) bond motifs is 4. The number of pyridine rings is 1. The quantitative estimate of drug-likeness (QED) is 0.219. The van der Waals surface area contributed by atoms with Gasteiger partial charge >= 0.3 is 0 Å². The molecule has 0 amide bonds. The van der Waals surface area contributed by atoms with E-state index in [0.717, 1.165) is 33.3 Å². The normalized spacial score (nSPS) is 13.3. The molecule has 0 N–H and O–H groups in total. The van der Waals surface area contributed by atoms with Gasteiger partial charge in [-0.05, 0) is 68.0 Å². The fraction of sp³-hybridized carbons (Fsp3) is 0.125. The summed E-state index contributed by atoms with van der Waals surface area (Å²) in [7, 11) is -0.339. The highest BCUT2D eigenvalue weighted by atomic mass is 28.3. The highest BCUT2D eigenvalue weighted by Crippen LogP contribution is 2.39. The summed E-state index contributed by atoms with van der Waals surface area (Å²) < 4.78 is 16.4. The van der Waals surface area contributed by atoms with Crippen molar-refractivity contribution in [2.75, 3.05) is 0 Å². The average molecular weight is 486 g/mol. The van der Waals surface area contributed by atoms with Crippen molar-refractivity contribution < 1.29 is 8.96 Å². The van der Waals surface area contributed by atoms with Crippen LogP contribution in [0.5, 0.6) is 0 Å². The van der Waals surface area contributed by atoms with E-state index in [2.05, 4.69) is 80.7 Å². The second kappa shape index (κ2) is 7.98. The average Bonchev–Trinajstić information content (AvgIpc) is 3.11. The van der Waals surface area contributed by atoms with E-state index in [-0.39, 0.29) is 5.82 Å². The van der Waals surface area contributed by atoms with Gasteiger partial charge in [-0.15, -0.1) is 0 Å². The number of nitrogens with zero attached hydrogens (tertiary/aromatic N) is 2. The van der Waals surface area contributed by atoms with Gasteiger partial charge in [0.05, 0.1) is 11.6 Å². The van der Waals surface area contributed by atoms with E-state index >= 15 is 0 Å². The molecule has 0 unspecified atom stereocenters. The Balaban J connectivity index is 1.69. The first-order valence-corrected chi connectivity index (χ1v) is 15.2. The van der Waals surface area contributed by atoms with Crippen LogP contribution in [-0.2, 0) is 7.05 Å². The van der Waals surface area contributed by atoms with Crippen LogP contribution in [0, 0.1) is 24.1 Å². The molecule has 2 nitrogen and oxygen atoms in total. The number of nitriles is 1. The zero-order chi connectivity index (χ0) is 25.2. The zero-order valence-corrected chi connectivity index (χ0v) is 21.9. The van der Waals surface area contributed by atoms with E-state index < -0.39 is 8.07 Å². The van der Waals surface area contributed by atoms with E-state index in [1.807, 2.05) is 23.7 Å². The largest absolute Gasteiger partial charge is 0.215 e.